The molecular formula is C22H30N8O. The highest BCUT2D eigenvalue weighted by Gasteiger charge is 2.46. The van der Waals surface area contributed by atoms with Gasteiger partial charge in [-0.05, 0) is 39.0 Å². The third kappa shape index (κ3) is 3.40. The second-order valence-electron chi connectivity index (χ2n) is 10.3. The van der Waals surface area contributed by atoms with Crippen LogP contribution in [-0.2, 0) is 0 Å². The van der Waals surface area contributed by atoms with E-state index in [4.69, 9.17) is 15.7 Å². The molecule has 2 aromatic heterocycles. The summed E-state index contributed by atoms with van der Waals surface area (Å²) in [5.41, 5.74) is 6.73. The van der Waals surface area contributed by atoms with Crippen LogP contribution in [0, 0.1) is 5.92 Å². The Morgan fingerprint density at radius 2 is 1.77 bits per heavy atom. The van der Waals surface area contributed by atoms with Crippen LogP contribution in [0.2, 0.25) is 0 Å². The third-order valence-corrected chi connectivity index (χ3v) is 7.27. The summed E-state index contributed by atoms with van der Waals surface area (Å²) in [6.07, 6.45) is 7.11. The molecule has 9 nitrogen and oxygen atoms in total. The van der Waals surface area contributed by atoms with Gasteiger partial charge in [-0.15, -0.1) is 0 Å². The molecule has 9 heteroatoms. The van der Waals surface area contributed by atoms with E-state index in [0.717, 1.165) is 55.0 Å². The maximum atomic E-state index is 10.3. The first-order chi connectivity index (χ1) is 14.8. The van der Waals surface area contributed by atoms with Gasteiger partial charge in [-0.2, -0.15) is 4.98 Å². The molecule has 4 saturated heterocycles. The molecule has 1 saturated carbocycles. The number of likely N-dealkylation sites (tertiary alicyclic amines) is 1. The van der Waals surface area contributed by atoms with Crippen molar-refractivity contribution in [3.8, 4) is 11.3 Å². The third-order valence-electron chi connectivity index (χ3n) is 7.27. The average molecular weight is 423 g/mol. The molecule has 0 amide bonds. The van der Waals surface area contributed by atoms with E-state index in [2.05, 4.69) is 30.7 Å². The summed E-state index contributed by atoms with van der Waals surface area (Å²) in [4.78, 5) is 25.5. The van der Waals surface area contributed by atoms with Crippen LogP contribution < -0.4 is 15.5 Å². The van der Waals surface area contributed by atoms with Gasteiger partial charge < -0.3 is 20.6 Å². The van der Waals surface area contributed by atoms with Crippen molar-refractivity contribution in [2.75, 3.05) is 41.7 Å². The number of rotatable bonds is 5. The van der Waals surface area contributed by atoms with E-state index in [1.54, 1.807) is 12.4 Å². The molecule has 4 aliphatic heterocycles. The Balaban J connectivity index is 1.32. The lowest BCUT2D eigenvalue weighted by molar-refractivity contribution is 0.0299. The summed E-state index contributed by atoms with van der Waals surface area (Å²) in [6, 6.07) is 3.52. The number of nitrogen functional groups attached to an aromatic ring is 1. The van der Waals surface area contributed by atoms with E-state index in [0.29, 0.717) is 24.7 Å². The van der Waals surface area contributed by atoms with Gasteiger partial charge in [0.2, 0.25) is 11.9 Å². The number of piperazine rings is 1. The van der Waals surface area contributed by atoms with Crippen molar-refractivity contribution in [3.05, 3.63) is 18.5 Å². The maximum Gasteiger partial charge on any atom is 0.228 e. The van der Waals surface area contributed by atoms with Crippen LogP contribution in [0.1, 0.15) is 33.1 Å². The summed E-state index contributed by atoms with van der Waals surface area (Å²) >= 11 is 0. The Morgan fingerprint density at radius 1 is 1.00 bits per heavy atom. The van der Waals surface area contributed by atoms with Crippen LogP contribution in [-0.4, -0.2) is 79.8 Å². The summed E-state index contributed by atoms with van der Waals surface area (Å²) < 4.78 is 0. The largest absolute Gasteiger partial charge is 0.389 e. The summed E-state index contributed by atoms with van der Waals surface area (Å²) in [5, 5.41) is 10.3. The average Bonchev–Trinajstić information content (AvgIpc) is 3.46. The SMILES string of the molecule is CC(C)(O)CN1CC2CC1CN2c1cc(-c2cnc(N)nc2)nc(N2CC3CC2C3)n1. The Morgan fingerprint density at radius 3 is 2.39 bits per heavy atom. The quantitative estimate of drug-likeness (QED) is 0.733. The van der Waals surface area contributed by atoms with Crippen LogP contribution in [0.15, 0.2) is 18.5 Å². The smallest absolute Gasteiger partial charge is 0.228 e. The van der Waals surface area contributed by atoms with Crippen LogP contribution in [0.4, 0.5) is 17.7 Å². The number of nitrogens with two attached hydrogens (primary N) is 1. The number of aliphatic hydroxyl groups is 1. The zero-order chi connectivity index (χ0) is 21.3. The van der Waals surface area contributed by atoms with Gasteiger partial charge in [0.25, 0.3) is 0 Å². The highest BCUT2D eigenvalue weighted by atomic mass is 16.3. The molecule has 0 radical (unpaired) electrons. The Hall–Kier alpha value is -2.52. The molecule has 2 aromatic rings. The van der Waals surface area contributed by atoms with Gasteiger partial charge in [-0.3, -0.25) is 4.90 Å². The monoisotopic (exact) mass is 422 g/mol. The van der Waals surface area contributed by atoms with E-state index < -0.39 is 5.60 Å². The van der Waals surface area contributed by atoms with Crippen LogP contribution in [0.25, 0.3) is 11.3 Å². The summed E-state index contributed by atoms with van der Waals surface area (Å²) in [6.45, 7) is 7.42. The minimum absolute atomic E-state index is 0.266. The molecule has 164 valence electrons. The fourth-order valence-corrected chi connectivity index (χ4v) is 5.81. The molecule has 31 heavy (non-hydrogen) atoms. The van der Waals surface area contributed by atoms with E-state index in [1.807, 2.05) is 13.8 Å². The van der Waals surface area contributed by atoms with Crippen molar-refractivity contribution in [2.24, 2.45) is 5.92 Å². The van der Waals surface area contributed by atoms with Crippen LogP contribution >= 0.6 is 0 Å². The summed E-state index contributed by atoms with van der Waals surface area (Å²) in [5.74, 6) is 2.86. The van der Waals surface area contributed by atoms with Crippen LogP contribution in [0.5, 0.6) is 0 Å². The number of hydrogen-bond donors (Lipinski definition) is 2. The first kappa shape index (κ1) is 19.2. The lowest BCUT2D eigenvalue weighted by atomic mass is 9.86. The zero-order valence-electron chi connectivity index (χ0n) is 18.1. The predicted molar refractivity (Wildman–Crippen MR) is 119 cm³/mol. The summed E-state index contributed by atoms with van der Waals surface area (Å²) in [7, 11) is 0. The molecule has 7 rings (SSSR count). The molecule has 0 spiro atoms. The van der Waals surface area contributed by atoms with Crippen molar-refractivity contribution in [3.63, 3.8) is 0 Å². The van der Waals surface area contributed by atoms with Crippen molar-refractivity contribution in [1.82, 2.24) is 24.8 Å². The topological polar surface area (TPSA) is 108 Å². The van der Waals surface area contributed by atoms with Gasteiger partial charge in [-0.25, -0.2) is 15.0 Å². The molecule has 5 aliphatic rings. The standard InChI is InChI=1S/C22H30N8O/c1-22(2,31)12-28-10-17-5-16(28)11-29(17)19-6-18(14-7-24-20(23)25-8-14)26-21(27-19)30-9-13-3-15(30)4-13/h6-8,13,15-17,31H,3-5,9-12H2,1-2H3,(H2,23,24,25). The van der Waals surface area contributed by atoms with Crippen molar-refractivity contribution in [1.29, 1.82) is 0 Å². The van der Waals surface area contributed by atoms with E-state index >= 15 is 0 Å². The Bertz CT molecular complexity index is 984. The lowest BCUT2D eigenvalue weighted by Crippen LogP contribution is -2.50. The molecule has 2 unspecified atom stereocenters. The van der Waals surface area contributed by atoms with Gasteiger partial charge in [0, 0.05) is 68.3 Å². The van der Waals surface area contributed by atoms with Gasteiger partial charge in [0.1, 0.15) is 5.82 Å². The molecule has 4 bridgehead atoms. The highest BCUT2D eigenvalue weighted by molar-refractivity contribution is 5.65. The van der Waals surface area contributed by atoms with Crippen molar-refractivity contribution >= 4 is 17.7 Å². The van der Waals surface area contributed by atoms with Crippen LogP contribution in [0.3, 0.4) is 0 Å². The molecule has 2 atom stereocenters. The highest BCUT2D eigenvalue weighted by Crippen LogP contribution is 2.43. The van der Waals surface area contributed by atoms with Gasteiger partial charge in [-0.1, -0.05) is 0 Å². The first-order valence-electron chi connectivity index (χ1n) is 11.3. The fraction of sp³-hybridized carbons (Fsp3) is 0.636. The maximum absolute atomic E-state index is 10.3. The van der Waals surface area contributed by atoms with E-state index in [9.17, 15) is 5.11 Å². The number of nitrogens with zero attached hydrogens (tertiary/aromatic N) is 7. The molecule has 0 aromatic carbocycles. The fourth-order valence-electron chi connectivity index (χ4n) is 5.81. The van der Waals surface area contributed by atoms with Crippen molar-refractivity contribution < 1.29 is 5.11 Å². The predicted octanol–water partition coefficient (Wildman–Crippen LogP) is 1.15. The molecule has 6 heterocycles. The zero-order valence-corrected chi connectivity index (χ0v) is 18.1. The lowest BCUT2D eigenvalue weighted by Gasteiger charge is -2.37. The second kappa shape index (κ2) is 6.74. The van der Waals surface area contributed by atoms with E-state index in [1.165, 1.54) is 12.8 Å². The van der Waals surface area contributed by atoms with Gasteiger partial charge in [0.05, 0.1) is 11.3 Å². The minimum Gasteiger partial charge on any atom is -0.389 e. The number of anilines is 3. The number of aromatic nitrogens is 4. The number of fused-ring (bicyclic) bond motifs is 3. The second-order valence-corrected chi connectivity index (χ2v) is 10.3. The van der Waals surface area contributed by atoms with Gasteiger partial charge in [0.15, 0.2) is 0 Å². The molecule has 5 fully saturated rings. The Kier molecular flexibility index (Phi) is 4.17. The van der Waals surface area contributed by atoms with E-state index in [-0.39, 0.29) is 5.95 Å². The normalized spacial score (nSPS) is 29.6. The molecule has 1 aliphatic carbocycles. The first-order valence-corrected chi connectivity index (χ1v) is 11.3. The minimum atomic E-state index is -0.670. The number of β-amino-alcohol motifs (C(OH)–C–C–N with tert-alkyl or cyclic N) is 1. The molecule has 3 N–H and O–H groups in total. The Labute approximate surface area is 182 Å². The number of hydrogen-bond acceptors (Lipinski definition) is 9. The van der Waals surface area contributed by atoms with Crippen molar-refractivity contribution in [2.45, 2.75) is 56.8 Å². The molecular weight excluding hydrogens is 392 g/mol. The van der Waals surface area contributed by atoms with Gasteiger partial charge >= 0.3 is 0 Å².